The summed E-state index contributed by atoms with van der Waals surface area (Å²) in [5.74, 6) is -10.8. The second kappa shape index (κ2) is 35.0. The van der Waals surface area contributed by atoms with Crippen molar-refractivity contribution in [3.63, 3.8) is 0 Å². The third-order valence-corrected chi connectivity index (χ3v) is 24.6. The third kappa shape index (κ3) is 18.7. The van der Waals surface area contributed by atoms with Crippen LogP contribution in [0, 0.1) is 41.4 Å². The van der Waals surface area contributed by atoms with Gasteiger partial charge in [-0.1, -0.05) is 92.4 Å². The van der Waals surface area contributed by atoms with Crippen LogP contribution in [0.2, 0.25) is 0 Å². The Kier molecular flexibility index (Phi) is 27.8. The van der Waals surface area contributed by atoms with E-state index in [-0.39, 0.29) is 82.7 Å². The lowest BCUT2D eigenvalue weighted by molar-refractivity contribution is -0.201. The predicted molar refractivity (Wildman–Crippen MR) is 372 cm³/mol. The van der Waals surface area contributed by atoms with Crippen LogP contribution in [0.3, 0.4) is 0 Å². The summed E-state index contributed by atoms with van der Waals surface area (Å²) < 4.78 is 57.0. The molecule has 3 N–H and O–H groups in total. The number of nitrogens with one attached hydrogen (secondary N) is 3. The summed E-state index contributed by atoms with van der Waals surface area (Å²) in [6.07, 6.45) is 1.61. The van der Waals surface area contributed by atoms with Crippen LogP contribution in [0.25, 0.3) is 0 Å². The fourth-order valence-corrected chi connectivity index (χ4v) is 17.5. The number of hydrogen-bond donors (Lipinski definition) is 3. The van der Waals surface area contributed by atoms with E-state index in [0.717, 1.165) is 43.4 Å². The van der Waals surface area contributed by atoms with Crippen molar-refractivity contribution in [3.8, 4) is 0 Å². The van der Waals surface area contributed by atoms with Crippen LogP contribution in [-0.2, 0) is 57.5 Å². The van der Waals surface area contributed by atoms with E-state index >= 15 is 33.2 Å². The molecule has 8 fully saturated rings. The Morgan fingerprint density at radius 2 is 1.22 bits per heavy atom. The van der Waals surface area contributed by atoms with Gasteiger partial charge >= 0.3 is 6.18 Å². The van der Waals surface area contributed by atoms with Crippen LogP contribution >= 0.6 is 0 Å². The van der Waals surface area contributed by atoms with E-state index in [4.69, 9.17) is 0 Å². The van der Waals surface area contributed by atoms with E-state index in [0.29, 0.717) is 70.4 Å². The minimum absolute atomic E-state index is 0.00274. The summed E-state index contributed by atoms with van der Waals surface area (Å²) >= 11 is 0. The maximum atomic E-state index is 15.7. The second-order valence-electron chi connectivity index (χ2n) is 32.1. The molecule has 4 aliphatic heterocycles. The minimum atomic E-state index is -4.75. The quantitative estimate of drug-likeness (QED) is 0.195. The van der Waals surface area contributed by atoms with Crippen molar-refractivity contribution in [3.05, 3.63) is 0 Å². The van der Waals surface area contributed by atoms with E-state index in [2.05, 4.69) is 22.9 Å². The van der Waals surface area contributed by atoms with Crippen LogP contribution in [0.1, 0.15) is 208 Å². The van der Waals surface area contributed by atoms with Gasteiger partial charge in [-0.2, -0.15) is 13.2 Å². The zero-order valence-electron chi connectivity index (χ0n) is 62.7. The Labute approximate surface area is 600 Å². The lowest BCUT2D eigenvalue weighted by Crippen LogP contribution is -2.65. The maximum Gasteiger partial charge on any atom is 0.394 e. The lowest BCUT2D eigenvalue weighted by atomic mass is 9.78. The standard InChI is InChI=1S/C74H118F4N12O12/c1-13-46(5)61-70(100)83(8)47(6)65(95)90-38-32-55(90)68(98)85(10)57(41-49-26-24-45(4)25-27-49)67(97)82(7)43-59(91)79-53(31-29-48-28-30-51(52(75)40-48)74(76,77)78)66(96)89-37-20-23-54(89)64(94)81-73(33-16-17-34-73)72(102)87(12)62(50-21-14-15-22-50)71(101)86(11)58(69(99)88-35-18-19-36-88)42-60(92)84(9)56(39-44(2)3)63(93)80-61/h44-58,61-62H,13-43H2,1-12H3,(H,79,91)(H,80,93)(H,81,94)/t45?,46-,47-,48?,49?,51?,52?,53-,54-,55-,56-,57-,58-,61-,62-/m0/s1. The highest BCUT2D eigenvalue weighted by molar-refractivity contribution is 6.01. The van der Waals surface area contributed by atoms with Crippen molar-refractivity contribution in [2.45, 2.75) is 281 Å². The molecule has 574 valence electrons. The normalized spacial score (nSPS) is 32.7. The number of carbonyl (C=O) groups excluding carboxylic acids is 12. The van der Waals surface area contributed by atoms with Gasteiger partial charge in [-0.3, -0.25) is 57.5 Å². The van der Waals surface area contributed by atoms with Crippen molar-refractivity contribution in [2.24, 2.45) is 41.4 Å². The molecule has 8 rings (SSSR count). The fourth-order valence-electron chi connectivity index (χ4n) is 17.5. The van der Waals surface area contributed by atoms with Crippen LogP contribution in [-0.4, -0.2) is 262 Å². The summed E-state index contributed by atoms with van der Waals surface area (Å²) in [4.78, 5) is 193. The molecular weight excluding hydrogens is 1320 g/mol. The van der Waals surface area contributed by atoms with Gasteiger partial charge in [-0.05, 0) is 145 Å². The van der Waals surface area contributed by atoms with Gasteiger partial charge in [0, 0.05) is 68.5 Å². The highest BCUT2D eigenvalue weighted by Gasteiger charge is 2.53. The van der Waals surface area contributed by atoms with Crippen molar-refractivity contribution >= 4 is 70.9 Å². The van der Waals surface area contributed by atoms with Gasteiger partial charge in [0.25, 0.3) is 0 Å². The van der Waals surface area contributed by atoms with Crippen LogP contribution in [0.4, 0.5) is 17.6 Å². The number of halogens is 4. The molecule has 102 heavy (non-hydrogen) atoms. The molecule has 0 aromatic heterocycles. The first-order valence-electron chi connectivity index (χ1n) is 38.2. The molecule has 3 unspecified atom stereocenters. The van der Waals surface area contributed by atoms with Crippen molar-refractivity contribution in [1.29, 1.82) is 0 Å². The fraction of sp³-hybridized carbons (Fsp3) is 0.838. The smallest absolute Gasteiger partial charge is 0.343 e. The van der Waals surface area contributed by atoms with Gasteiger partial charge in [0.2, 0.25) is 70.9 Å². The van der Waals surface area contributed by atoms with Gasteiger partial charge in [0.05, 0.1) is 18.9 Å². The number of fused-ring (bicyclic) bond motifs is 2. The average Bonchev–Trinajstić information content (AvgIpc) is 1.38. The van der Waals surface area contributed by atoms with Crippen molar-refractivity contribution in [2.75, 3.05) is 75.0 Å². The number of likely N-dealkylation sites (N-methyl/N-ethyl adjacent to an activating group) is 6. The Morgan fingerprint density at radius 1 is 0.588 bits per heavy atom. The predicted octanol–water partition coefficient (Wildman–Crippen LogP) is 6.21. The minimum Gasteiger partial charge on any atom is -0.343 e. The lowest BCUT2D eigenvalue weighted by Gasteiger charge is -2.45. The highest BCUT2D eigenvalue weighted by Crippen LogP contribution is 2.44. The molecule has 8 aliphatic rings. The molecular formula is C74H118F4N12O12. The number of likely N-dealkylation sites (tertiary alicyclic amines) is 1. The monoisotopic (exact) mass is 1440 g/mol. The molecule has 13 atom stereocenters. The zero-order chi connectivity index (χ0) is 75.0. The Bertz CT molecular complexity index is 3020. The molecule has 28 heteroatoms. The molecule has 0 radical (unpaired) electrons. The highest BCUT2D eigenvalue weighted by atomic mass is 19.4. The number of rotatable bonds is 11. The Hall–Kier alpha value is -6.64. The molecule has 4 aliphatic carbocycles. The van der Waals surface area contributed by atoms with Gasteiger partial charge in [0.1, 0.15) is 66.1 Å². The summed E-state index contributed by atoms with van der Waals surface area (Å²) in [5, 5.41) is 8.82. The van der Waals surface area contributed by atoms with E-state index in [1.165, 1.54) is 83.5 Å². The van der Waals surface area contributed by atoms with Gasteiger partial charge in [-0.15, -0.1) is 0 Å². The van der Waals surface area contributed by atoms with Crippen LogP contribution in [0.5, 0.6) is 0 Å². The maximum absolute atomic E-state index is 15.7. The third-order valence-electron chi connectivity index (χ3n) is 24.6. The summed E-state index contributed by atoms with van der Waals surface area (Å²) in [7, 11) is 8.73. The number of alkyl halides is 4. The topological polar surface area (TPSA) is 270 Å². The molecule has 4 saturated heterocycles. The Balaban J connectivity index is 1.17. The zero-order valence-corrected chi connectivity index (χ0v) is 62.7. The first-order chi connectivity index (χ1) is 48.1. The summed E-state index contributed by atoms with van der Waals surface area (Å²) in [6, 6.07) is -10.9. The molecule has 1 spiro atoms. The van der Waals surface area contributed by atoms with Crippen molar-refractivity contribution in [1.82, 2.24) is 60.0 Å². The largest absolute Gasteiger partial charge is 0.394 e. The van der Waals surface area contributed by atoms with Crippen LogP contribution < -0.4 is 16.0 Å². The first kappa shape index (κ1) is 81.0. The van der Waals surface area contributed by atoms with E-state index in [1.54, 1.807) is 11.8 Å². The molecule has 4 heterocycles. The van der Waals surface area contributed by atoms with Gasteiger partial charge < -0.3 is 60.0 Å². The number of amides is 12. The Morgan fingerprint density at radius 3 is 1.80 bits per heavy atom. The second-order valence-corrected chi connectivity index (χ2v) is 32.1. The van der Waals surface area contributed by atoms with Gasteiger partial charge in [0.15, 0.2) is 0 Å². The molecule has 24 nitrogen and oxygen atoms in total. The molecule has 0 aromatic carbocycles. The number of hydrogen-bond acceptors (Lipinski definition) is 12. The number of nitrogens with zero attached hydrogens (tertiary/aromatic N) is 9. The van der Waals surface area contributed by atoms with Crippen molar-refractivity contribution < 1.29 is 75.1 Å². The summed E-state index contributed by atoms with van der Waals surface area (Å²) in [6.45, 7) is 11.4. The molecule has 4 saturated carbocycles. The molecule has 0 bridgehead atoms. The van der Waals surface area contributed by atoms with E-state index < -0.39 is 193 Å². The van der Waals surface area contributed by atoms with E-state index in [1.807, 2.05) is 20.8 Å². The van der Waals surface area contributed by atoms with Crippen LogP contribution in [0.15, 0.2) is 0 Å². The number of carbonyl (C=O) groups is 12. The first-order valence-corrected chi connectivity index (χ1v) is 38.2. The average molecular weight is 1440 g/mol. The SMILES string of the molecule is CC[C@H](C)[C@@H]1NC(=O)[C@H](CC(C)C)N(C)C(=O)C[C@@H](C(=O)N2CCCC2)N(C)C(=O)[C@H](C2CCCC2)N(C)C(=O)C2(CCCC2)NC(=O)[C@@H]2CCCN2C(=O)[C@H](CCC2CCC(C(F)(F)F)C(F)C2)NC(=O)CN(C)C(=O)[C@H](CC2CCC(C)CC2)N(C)C(=O)[C@@H]2CCN2C(=O)[C@H](C)N(C)C1=O. The van der Waals surface area contributed by atoms with Gasteiger partial charge in [-0.25, -0.2) is 4.39 Å². The summed E-state index contributed by atoms with van der Waals surface area (Å²) in [5.41, 5.74) is -1.57. The van der Waals surface area contributed by atoms with E-state index in [9.17, 15) is 41.9 Å². The molecule has 12 amide bonds. The molecule has 0 aromatic rings.